The summed E-state index contributed by atoms with van der Waals surface area (Å²) in [6.07, 6.45) is 3.66. The molecule has 2 aliphatic rings. The quantitative estimate of drug-likeness (QED) is 0.552. The first-order chi connectivity index (χ1) is 4.79. The average molecular weight is 141 g/mol. The molecule has 0 aromatic rings. The summed E-state index contributed by atoms with van der Waals surface area (Å²) in [6.45, 7) is 0. The lowest BCUT2D eigenvalue weighted by molar-refractivity contribution is 0.139. The molecule has 1 amide bonds. The first-order valence-corrected chi connectivity index (χ1v) is 3.80. The van der Waals surface area contributed by atoms with Crippen molar-refractivity contribution in [2.45, 2.75) is 37.8 Å². The van der Waals surface area contributed by atoms with Gasteiger partial charge in [0, 0.05) is 12.1 Å². The Bertz CT molecular complexity index is 149. The van der Waals surface area contributed by atoms with E-state index in [1.54, 1.807) is 4.90 Å². The summed E-state index contributed by atoms with van der Waals surface area (Å²) in [7, 11) is 0. The summed E-state index contributed by atoms with van der Waals surface area (Å²) in [5.74, 6) is 0. The third-order valence-electron chi connectivity index (χ3n) is 2.67. The van der Waals surface area contributed by atoms with Gasteiger partial charge in [-0.15, -0.1) is 0 Å². The van der Waals surface area contributed by atoms with Crippen molar-refractivity contribution in [2.24, 2.45) is 0 Å². The molecular formula is C7H11NO2. The van der Waals surface area contributed by atoms with Crippen LogP contribution < -0.4 is 0 Å². The molecule has 2 aliphatic heterocycles. The second kappa shape index (κ2) is 1.87. The maximum atomic E-state index is 10.6. The number of nitrogens with zero attached hydrogens (tertiary/aromatic N) is 1. The third kappa shape index (κ3) is 0.632. The van der Waals surface area contributed by atoms with Gasteiger partial charge in [0.15, 0.2) is 0 Å². The monoisotopic (exact) mass is 141 g/mol. The molecule has 0 unspecified atom stereocenters. The molecule has 3 nitrogen and oxygen atoms in total. The molecule has 0 radical (unpaired) electrons. The predicted octanol–water partition coefficient (Wildman–Crippen LogP) is 1.29. The van der Waals surface area contributed by atoms with Crippen molar-refractivity contribution < 1.29 is 9.90 Å². The van der Waals surface area contributed by atoms with Crippen LogP contribution in [0.3, 0.4) is 0 Å². The standard InChI is InChI=1S/C7H11NO2/c9-7(10)8-5-1-2-6(8)4-3-5/h5-6H,1-4H2,(H,9,10). The molecule has 0 saturated carbocycles. The minimum atomic E-state index is -0.718. The van der Waals surface area contributed by atoms with E-state index >= 15 is 0 Å². The van der Waals surface area contributed by atoms with E-state index in [-0.39, 0.29) is 0 Å². The number of carboxylic acid groups (broad SMARTS) is 1. The molecule has 0 spiro atoms. The van der Waals surface area contributed by atoms with Gasteiger partial charge < -0.3 is 10.0 Å². The summed E-state index contributed by atoms with van der Waals surface area (Å²) in [5, 5.41) is 8.72. The molecule has 2 fully saturated rings. The molecule has 56 valence electrons. The lowest BCUT2D eigenvalue weighted by Gasteiger charge is -2.16. The van der Waals surface area contributed by atoms with Gasteiger partial charge in [0.25, 0.3) is 0 Å². The fraction of sp³-hybridized carbons (Fsp3) is 0.857. The number of hydrogen-bond acceptors (Lipinski definition) is 1. The first kappa shape index (κ1) is 6.01. The van der Waals surface area contributed by atoms with Gasteiger partial charge in [-0.3, -0.25) is 0 Å². The molecule has 2 saturated heterocycles. The largest absolute Gasteiger partial charge is 0.465 e. The normalized spacial score (nSPS) is 37.0. The highest BCUT2D eigenvalue weighted by molar-refractivity contribution is 5.66. The van der Waals surface area contributed by atoms with E-state index in [0.29, 0.717) is 12.1 Å². The van der Waals surface area contributed by atoms with E-state index in [2.05, 4.69) is 0 Å². The van der Waals surface area contributed by atoms with Crippen LogP contribution in [0.25, 0.3) is 0 Å². The van der Waals surface area contributed by atoms with Crippen LogP contribution in [-0.2, 0) is 0 Å². The topological polar surface area (TPSA) is 40.5 Å². The molecule has 2 bridgehead atoms. The summed E-state index contributed by atoms with van der Waals surface area (Å²) < 4.78 is 0. The Balaban J connectivity index is 2.16. The summed E-state index contributed by atoms with van der Waals surface area (Å²) in [5.41, 5.74) is 0. The second-order valence-corrected chi connectivity index (χ2v) is 3.15. The number of carbonyl (C=O) groups is 1. The zero-order valence-corrected chi connectivity index (χ0v) is 5.79. The molecule has 1 N–H and O–H groups in total. The smallest absolute Gasteiger partial charge is 0.407 e. The molecule has 3 heteroatoms. The number of fused-ring (bicyclic) bond motifs is 2. The minimum Gasteiger partial charge on any atom is -0.465 e. The summed E-state index contributed by atoms with van der Waals surface area (Å²) in [4.78, 5) is 12.2. The highest BCUT2D eigenvalue weighted by atomic mass is 16.4. The van der Waals surface area contributed by atoms with Gasteiger partial charge in [0.1, 0.15) is 0 Å². The van der Waals surface area contributed by atoms with Crippen LogP contribution in [0.15, 0.2) is 0 Å². The Kier molecular flexibility index (Phi) is 1.13. The van der Waals surface area contributed by atoms with Crippen LogP contribution in [0.5, 0.6) is 0 Å². The van der Waals surface area contributed by atoms with Gasteiger partial charge in [-0.05, 0) is 25.7 Å². The summed E-state index contributed by atoms with van der Waals surface area (Å²) in [6, 6.07) is 0.727. The number of amides is 1. The maximum absolute atomic E-state index is 10.6. The lowest BCUT2D eigenvalue weighted by atomic mass is 10.0. The van der Waals surface area contributed by atoms with Crippen molar-refractivity contribution in [3.05, 3.63) is 0 Å². The Morgan fingerprint density at radius 2 is 1.60 bits per heavy atom. The Hall–Kier alpha value is -0.730. The minimum absolute atomic E-state index is 0.363. The highest BCUT2D eigenvalue weighted by Gasteiger charge is 2.41. The van der Waals surface area contributed by atoms with Crippen LogP contribution in [0.4, 0.5) is 4.79 Å². The fourth-order valence-corrected chi connectivity index (χ4v) is 2.23. The van der Waals surface area contributed by atoms with Crippen LogP contribution in [0, 0.1) is 0 Å². The van der Waals surface area contributed by atoms with Crippen molar-refractivity contribution in [3.8, 4) is 0 Å². The fourth-order valence-electron chi connectivity index (χ4n) is 2.23. The third-order valence-corrected chi connectivity index (χ3v) is 2.67. The second-order valence-electron chi connectivity index (χ2n) is 3.15. The van der Waals surface area contributed by atoms with Gasteiger partial charge in [-0.1, -0.05) is 0 Å². The number of rotatable bonds is 0. The molecule has 0 aromatic carbocycles. The SMILES string of the molecule is O=C(O)N1C2CCC1CC2. The van der Waals surface area contributed by atoms with Crippen molar-refractivity contribution in [2.75, 3.05) is 0 Å². The van der Waals surface area contributed by atoms with E-state index in [1.165, 1.54) is 0 Å². The van der Waals surface area contributed by atoms with Gasteiger partial charge in [-0.25, -0.2) is 4.79 Å². The van der Waals surface area contributed by atoms with Crippen molar-refractivity contribution in [1.29, 1.82) is 0 Å². The molecule has 0 aromatic heterocycles. The lowest BCUT2D eigenvalue weighted by Crippen LogP contribution is -2.33. The van der Waals surface area contributed by atoms with Gasteiger partial charge in [0.2, 0.25) is 0 Å². The van der Waals surface area contributed by atoms with Gasteiger partial charge in [-0.2, -0.15) is 0 Å². The zero-order chi connectivity index (χ0) is 7.14. The van der Waals surface area contributed by atoms with Crippen molar-refractivity contribution in [3.63, 3.8) is 0 Å². The van der Waals surface area contributed by atoms with E-state index in [4.69, 9.17) is 5.11 Å². The van der Waals surface area contributed by atoms with Crippen molar-refractivity contribution >= 4 is 6.09 Å². The van der Waals surface area contributed by atoms with Gasteiger partial charge >= 0.3 is 6.09 Å². The van der Waals surface area contributed by atoms with E-state index < -0.39 is 6.09 Å². The van der Waals surface area contributed by atoms with E-state index in [9.17, 15) is 4.79 Å². The molecule has 0 aliphatic carbocycles. The highest BCUT2D eigenvalue weighted by Crippen LogP contribution is 2.36. The molecule has 0 atom stereocenters. The van der Waals surface area contributed by atoms with Crippen molar-refractivity contribution in [1.82, 2.24) is 4.90 Å². The Morgan fingerprint density at radius 3 is 1.80 bits per heavy atom. The zero-order valence-electron chi connectivity index (χ0n) is 5.79. The predicted molar refractivity (Wildman–Crippen MR) is 35.9 cm³/mol. The molecule has 10 heavy (non-hydrogen) atoms. The molecular weight excluding hydrogens is 130 g/mol. The first-order valence-electron chi connectivity index (χ1n) is 3.80. The van der Waals surface area contributed by atoms with Gasteiger partial charge in [0.05, 0.1) is 0 Å². The molecule has 2 rings (SSSR count). The van der Waals surface area contributed by atoms with E-state index in [0.717, 1.165) is 25.7 Å². The van der Waals surface area contributed by atoms with Crippen LogP contribution in [0.1, 0.15) is 25.7 Å². The van der Waals surface area contributed by atoms with Crippen LogP contribution in [-0.4, -0.2) is 28.2 Å². The number of hydrogen-bond donors (Lipinski definition) is 1. The Labute approximate surface area is 59.6 Å². The average Bonchev–Trinajstić information content (AvgIpc) is 2.43. The van der Waals surface area contributed by atoms with Crippen LogP contribution >= 0.6 is 0 Å². The van der Waals surface area contributed by atoms with E-state index in [1.807, 2.05) is 0 Å². The maximum Gasteiger partial charge on any atom is 0.407 e. The van der Waals surface area contributed by atoms with Crippen LogP contribution in [0.2, 0.25) is 0 Å². The molecule has 2 heterocycles. The Morgan fingerprint density at radius 1 is 1.20 bits per heavy atom. The summed E-state index contributed by atoms with van der Waals surface area (Å²) >= 11 is 0.